The van der Waals surface area contributed by atoms with Gasteiger partial charge in [0, 0.05) is 5.69 Å². The monoisotopic (exact) mass is 206 g/mol. The molecule has 0 saturated heterocycles. The van der Waals surface area contributed by atoms with Crippen molar-refractivity contribution in [3.8, 4) is 6.07 Å². The largest absolute Gasteiger partial charge is 0.466 e. The highest BCUT2D eigenvalue weighted by molar-refractivity contribution is 5.71. The third-order valence-corrected chi connectivity index (χ3v) is 1.73. The number of ether oxygens (including phenoxy) is 1. The molecule has 0 aliphatic heterocycles. The fraction of sp³-hybridized carbons (Fsp3) is 0.300. The maximum atomic E-state index is 11.2. The van der Waals surface area contributed by atoms with Crippen LogP contribution in [0.1, 0.15) is 18.2 Å². The summed E-state index contributed by atoms with van der Waals surface area (Å²) >= 11 is 0. The Kier molecular flexibility index (Phi) is 3.63. The molecular weight excluding hydrogens is 196 g/mol. The van der Waals surface area contributed by atoms with Crippen LogP contribution in [0.2, 0.25) is 0 Å². The first-order valence-corrected chi connectivity index (χ1v) is 4.45. The summed E-state index contributed by atoms with van der Waals surface area (Å²) in [5, 5.41) is 8.51. The Labute approximate surface area is 86.3 Å². The first kappa shape index (κ1) is 11.0. The average molecular weight is 206 g/mol. The van der Waals surface area contributed by atoms with E-state index in [1.807, 2.05) is 0 Å². The van der Waals surface area contributed by atoms with Gasteiger partial charge in [-0.3, -0.25) is 9.59 Å². The molecule has 0 spiro atoms. The van der Waals surface area contributed by atoms with E-state index in [9.17, 15) is 9.59 Å². The summed E-state index contributed by atoms with van der Waals surface area (Å²) in [7, 11) is 0. The molecule has 0 aromatic carbocycles. The van der Waals surface area contributed by atoms with Crippen molar-refractivity contribution in [1.29, 1.82) is 5.26 Å². The lowest BCUT2D eigenvalue weighted by atomic mass is 10.2. The molecule has 1 aromatic heterocycles. The van der Waals surface area contributed by atoms with Crippen molar-refractivity contribution < 1.29 is 9.53 Å². The lowest BCUT2D eigenvalue weighted by Crippen LogP contribution is -2.15. The minimum absolute atomic E-state index is 0.00872. The zero-order valence-corrected chi connectivity index (χ0v) is 8.24. The van der Waals surface area contributed by atoms with Crippen LogP contribution in [-0.2, 0) is 16.0 Å². The number of pyridine rings is 1. The predicted molar refractivity (Wildman–Crippen MR) is 52.1 cm³/mol. The minimum atomic E-state index is -0.487. The number of nitrogens with zero attached hydrogens (tertiary/aromatic N) is 1. The second-order valence-electron chi connectivity index (χ2n) is 2.82. The number of carbonyl (C=O) groups is 1. The van der Waals surface area contributed by atoms with Crippen molar-refractivity contribution in [2.45, 2.75) is 13.3 Å². The van der Waals surface area contributed by atoms with Crippen LogP contribution < -0.4 is 5.56 Å². The summed E-state index contributed by atoms with van der Waals surface area (Å²) in [5.74, 6) is -0.405. The smallest absolute Gasteiger partial charge is 0.311 e. The molecule has 1 heterocycles. The van der Waals surface area contributed by atoms with E-state index in [1.165, 1.54) is 12.1 Å². The number of hydrogen-bond donors (Lipinski definition) is 1. The van der Waals surface area contributed by atoms with E-state index < -0.39 is 11.5 Å². The predicted octanol–water partition coefficient (Wildman–Crippen LogP) is 0.352. The number of nitrogens with one attached hydrogen (secondary N) is 1. The Hall–Kier alpha value is -2.09. The van der Waals surface area contributed by atoms with Crippen molar-refractivity contribution in [3.05, 3.63) is 33.7 Å². The summed E-state index contributed by atoms with van der Waals surface area (Å²) in [5.41, 5.74) is -0.0145. The second-order valence-corrected chi connectivity index (χ2v) is 2.82. The van der Waals surface area contributed by atoms with Crippen LogP contribution >= 0.6 is 0 Å². The highest BCUT2D eigenvalue weighted by Crippen LogP contribution is 1.96. The van der Waals surface area contributed by atoms with Crippen LogP contribution in [0.3, 0.4) is 0 Å². The molecule has 0 bridgehead atoms. The molecule has 0 radical (unpaired) electrons. The van der Waals surface area contributed by atoms with Crippen molar-refractivity contribution in [2.24, 2.45) is 0 Å². The quantitative estimate of drug-likeness (QED) is 0.723. The van der Waals surface area contributed by atoms with Gasteiger partial charge in [-0.05, 0) is 19.1 Å². The highest BCUT2D eigenvalue weighted by Gasteiger charge is 2.05. The van der Waals surface area contributed by atoms with E-state index >= 15 is 0 Å². The number of aromatic amines is 1. The van der Waals surface area contributed by atoms with Gasteiger partial charge >= 0.3 is 5.97 Å². The van der Waals surface area contributed by atoms with Gasteiger partial charge in [-0.2, -0.15) is 5.26 Å². The number of aromatic nitrogens is 1. The molecule has 0 aliphatic rings. The SMILES string of the molecule is CCOC(=O)Cc1ccc(C#N)c(=O)[nH]1. The summed E-state index contributed by atoms with van der Waals surface area (Å²) in [4.78, 5) is 24.7. The van der Waals surface area contributed by atoms with E-state index in [0.29, 0.717) is 12.3 Å². The van der Waals surface area contributed by atoms with Gasteiger partial charge < -0.3 is 9.72 Å². The Morgan fingerprint density at radius 1 is 1.60 bits per heavy atom. The molecule has 0 unspecified atom stereocenters. The fourth-order valence-electron chi connectivity index (χ4n) is 1.07. The van der Waals surface area contributed by atoms with Crippen LogP contribution in [0.4, 0.5) is 0 Å². The van der Waals surface area contributed by atoms with E-state index in [1.54, 1.807) is 13.0 Å². The molecule has 0 aliphatic carbocycles. The normalized spacial score (nSPS) is 9.33. The first-order valence-electron chi connectivity index (χ1n) is 4.45. The Morgan fingerprint density at radius 3 is 2.87 bits per heavy atom. The Balaban J connectivity index is 2.81. The molecule has 15 heavy (non-hydrogen) atoms. The van der Waals surface area contributed by atoms with Crippen LogP contribution in [0.25, 0.3) is 0 Å². The molecule has 5 nitrogen and oxygen atoms in total. The maximum absolute atomic E-state index is 11.2. The molecule has 0 fully saturated rings. The summed E-state index contributed by atoms with van der Waals surface area (Å²) in [6.07, 6.45) is 0.00872. The van der Waals surface area contributed by atoms with Crippen molar-refractivity contribution in [2.75, 3.05) is 6.61 Å². The van der Waals surface area contributed by atoms with Crippen LogP contribution in [0, 0.1) is 11.3 Å². The van der Waals surface area contributed by atoms with Gasteiger partial charge in [0.05, 0.1) is 13.0 Å². The summed E-state index contributed by atoms with van der Waals surface area (Å²) in [6.45, 7) is 2.01. The van der Waals surface area contributed by atoms with E-state index in [0.717, 1.165) is 0 Å². The number of H-pyrrole nitrogens is 1. The fourth-order valence-corrected chi connectivity index (χ4v) is 1.07. The minimum Gasteiger partial charge on any atom is -0.466 e. The van der Waals surface area contributed by atoms with Crippen molar-refractivity contribution in [3.63, 3.8) is 0 Å². The molecular formula is C10H10N2O3. The lowest BCUT2D eigenvalue weighted by molar-refractivity contribution is -0.142. The molecule has 0 saturated carbocycles. The third-order valence-electron chi connectivity index (χ3n) is 1.73. The standard InChI is InChI=1S/C10H10N2O3/c1-2-15-9(13)5-8-4-3-7(6-11)10(14)12-8/h3-4H,2,5H2,1H3,(H,12,14). The zero-order chi connectivity index (χ0) is 11.3. The lowest BCUT2D eigenvalue weighted by Gasteiger charge is -2.01. The van der Waals surface area contributed by atoms with Gasteiger partial charge in [-0.1, -0.05) is 0 Å². The van der Waals surface area contributed by atoms with Crippen LogP contribution in [0.5, 0.6) is 0 Å². The number of carbonyl (C=O) groups excluding carboxylic acids is 1. The zero-order valence-electron chi connectivity index (χ0n) is 8.24. The number of rotatable bonds is 3. The molecule has 0 amide bonds. The van der Waals surface area contributed by atoms with E-state index in [2.05, 4.69) is 4.98 Å². The maximum Gasteiger partial charge on any atom is 0.311 e. The molecule has 1 aromatic rings. The number of hydrogen-bond acceptors (Lipinski definition) is 4. The first-order chi connectivity index (χ1) is 7.17. The molecule has 0 atom stereocenters. The van der Waals surface area contributed by atoms with Crippen molar-refractivity contribution in [1.82, 2.24) is 4.98 Å². The van der Waals surface area contributed by atoms with Gasteiger partial charge in [0.15, 0.2) is 0 Å². The van der Waals surface area contributed by atoms with E-state index in [4.69, 9.17) is 10.00 Å². The molecule has 1 N–H and O–H groups in total. The third kappa shape index (κ3) is 2.95. The Bertz CT molecular complexity index is 456. The van der Waals surface area contributed by atoms with E-state index in [-0.39, 0.29) is 12.0 Å². The number of esters is 1. The second kappa shape index (κ2) is 4.96. The van der Waals surface area contributed by atoms with Gasteiger partial charge in [-0.15, -0.1) is 0 Å². The summed E-state index contributed by atoms with van der Waals surface area (Å²) in [6, 6.07) is 4.65. The van der Waals surface area contributed by atoms with Crippen LogP contribution in [-0.4, -0.2) is 17.6 Å². The van der Waals surface area contributed by atoms with Crippen molar-refractivity contribution >= 4 is 5.97 Å². The number of nitriles is 1. The molecule has 1 rings (SSSR count). The average Bonchev–Trinajstić information content (AvgIpc) is 2.18. The van der Waals surface area contributed by atoms with Crippen LogP contribution in [0.15, 0.2) is 16.9 Å². The topological polar surface area (TPSA) is 82.9 Å². The molecule has 5 heteroatoms. The van der Waals surface area contributed by atoms with Gasteiger partial charge in [0.2, 0.25) is 0 Å². The highest BCUT2D eigenvalue weighted by atomic mass is 16.5. The molecule has 78 valence electrons. The summed E-state index contributed by atoms with van der Waals surface area (Å²) < 4.78 is 4.72. The van der Waals surface area contributed by atoms with Gasteiger partial charge in [0.25, 0.3) is 5.56 Å². The van der Waals surface area contributed by atoms with Gasteiger partial charge in [0.1, 0.15) is 11.6 Å². The Morgan fingerprint density at radius 2 is 2.33 bits per heavy atom. The van der Waals surface area contributed by atoms with Gasteiger partial charge in [-0.25, -0.2) is 0 Å².